The van der Waals surface area contributed by atoms with E-state index in [-0.39, 0.29) is 0 Å². The van der Waals surface area contributed by atoms with Crippen LogP contribution in [-0.4, -0.2) is 0 Å². The van der Waals surface area contributed by atoms with E-state index >= 15 is 0 Å². The standard InChI is InChI=1S/C46H29NO2/c1-2-9-30(10-3-1)31-17-21-35(22-18-31)47(37-25-26-40-39-13-6-7-15-42(39)48-45(40)29-37)36-23-19-32(20-24-36)38-14-8-16-43-46(38)41-27-33-11-4-5-12-34(33)28-44(41)49-43/h1-29H. The van der Waals surface area contributed by atoms with Crippen LogP contribution in [0.4, 0.5) is 17.1 Å². The van der Waals surface area contributed by atoms with Crippen molar-refractivity contribution in [2.24, 2.45) is 0 Å². The molecule has 3 nitrogen and oxygen atoms in total. The number of hydrogen-bond acceptors (Lipinski definition) is 3. The van der Waals surface area contributed by atoms with E-state index < -0.39 is 0 Å². The van der Waals surface area contributed by atoms with Gasteiger partial charge in [-0.3, -0.25) is 0 Å². The van der Waals surface area contributed by atoms with E-state index in [1.165, 1.54) is 21.9 Å². The van der Waals surface area contributed by atoms with E-state index in [9.17, 15) is 0 Å². The molecule has 49 heavy (non-hydrogen) atoms. The van der Waals surface area contributed by atoms with Crippen molar-refractivity contribution in [2.45, 2.75) is 0 Å². The summed E-state index contributed by atoms with van der Waals surface area (Å²) in [6, 6.07) is 62.0. The predicted molar refractivity (Wildman–Crippen MR) is 204 cm³/mol. The Morgan fingerprint density at radius 3 is 1.69 bits per heavy atom. The van der Waals surface area contributed by atoms with Crippen molar-refractivity contribution in [2.75, 3.05) is 4.90 Å². The molecule has 2 heterocycles. The number of furan rings is 2. The van der Waals surface area contributed by atoms with E-state index in [1.54, 1.807) is 0 Å². The van der Waals surface area contributed by atoms with Crippen LogP contribution in [0, 0.1) is 0 Å². The molecule has 0 saturated carbocycles. The molecule has 230 valence electrons. The van der Waals surface area contributed by atoms with Crippen LogP contribution in [0.2, 0.25) is 0 Å². The van der Waals surface area contributed by atoms with Crippen LogP contribution in [0.5, 0.6) is 0 Å². The summed E-state index contributed by atoms with van der Waals surface area (Å²) in [5, 5.41) is 6.90. The summed E-state index contributed by atoms with van der Waals surface area (Å²) in [4.78, 5) is 2.30. The van der Waals surface area contributed by atoms with Gasteiger partial charge in [-0.2, -0.15) is 0 Å². The van der Waals surface area contributed by atoms with Crippen LogP contribution in [-0.2, 0) is 0 Å². The van der Waals surface area contributed by atoms with Gasteiger partial charge in [0.25, 0.3) is 0 Å². The number of para-hydroxylation sites is 1. The van der Waals surface area contributed by atoms with Crippen LogP contribution in [0.25, 0.3) is 76.9 Å². The Labute approximate surface area is 282 Å². The van der Waals surface area contributed by atoms with Gasteiger partial charge in [0.05, 0.1) is 0 Å². The third kappa shape index (κ3) is 4.59. The van der Waals surface area contributed by atoms with Gasteiger partial charge in [0, 0.05) is 44.7 Å². The van der Waals surface area contributed by atoms with E-state index in [0.29, 0.717) is 0 Å². The summed E-state index contributed by atoms with van der Waals surface area (Å²) in [6.07, 6.45) is 0. The number of benzene rings is 8. The molecule has 3 heteroatoms. The van der Waals surface area contributed by atoms with Crippen LogP contribution in [0.1, 0.15) is 0 Å². The molecule has 0 atom stereocenters. The SMILES string of the molecule is c1ccc(-c2ccc(N(c3ccc(-c4cccc5oc6cc7ccccc7cc6c45)cc3)c3ccc4c(c3)oc3ccccc34)cc2)cc1. The van der Waals surface area contributed by atoms with Gasteiger partial charge in [-0.15, -0.1) is 0 Å². The quantitative estimate of drug-likeness (QED) is 0.190. The Hall–Kier alpha value is -6.58. The minimum absolute atomic E-state index is 0.868. The Morgan fingerprint density at radius 2 is 0.898 bits per heavy atom. The van der Waals surface area contributed by atoms with Crippen molar-refractivity contribution in [3.05, 3.63) is 176 Å². The summed E-state index contributed by atoms with van der Waals surface area (Å²) in [5.41, 5.74) is 11.4. The number of rotatable bonds is 5. The van der Waals surface area contributed by atoms with Crippen molar-refractivity contribution in [3.63, 3.8) is 0 Å². The van der Waals surface area contributed by atoms with E-state index in [2.05, 4.69) is 169 Å². The first-order valence-corrected chi connectivity index (χ1v) is 16.6. The Morgan fingerprint density at radius 1 is 0.327 bits per heavy atom. The number of nitrogens with zero attached hydrogens (tertiary/aromatic N) is 1. The highest BCUT2D eigenvalue weighted by atomic mass is 16.3. The minimum atomic E-state index is 0.868. The largest absolute Gasteiger partial charge is 0.456 e. The van der Waals surface area contributed by atoms with Crippen molar-refractivity contribution < 1.29 is 8.83 Å². The lowest BCUT2D eigenvalue weighted by molar-refractivity contribution is 0.669. The highest BCUT2D eigenvalue weighted by Gasteiger charge is 2.18. The maximum atomic E-state index is 6.38. The Kier molecular flexibility index (Phi) is 6.18. The molecule has 10 aromatic rings. The molecule has 0 radical (unpaired) electrons. The molecule has 0 aliphatic carbocycles. The van der Waals surface area contributed by atoms with Crippen LogP contribution >= 0.6 is 0 Å². The second kappa shape index (κ2) is 11.0. The zero-order chi connectivity index (χ0) is 32.3. The third-order valence-corrected chi connectivity index (χ3v) is 9.65. The number of fused-ring (bicyclic) bond motifs is 7. The van der Waals surface area contributed by atoms with Gasteiger partial charge in [0.2, 0.25) is 0 Å². The predicted octanol–water partition coefficient (Wildman–Crippen LogP) is 13.4. The highest BCUT2D eigenvalue weighted by molar-refractivity contribution is 6.15. The molecule has 8 aromatic carbocycles. The average Bonchev–Trinajstić information content (AvgIpc) is 3.72. The number of anilines is 3. The molecule has 2 aromatic heterocycles. The van der Waals surface area contributed by atoms with Gasteiger partial charge in [-0.25, -0.2) is 0 Å². The van der Waals surface area contributed by atoms with Crippen LogP contribution in [0.3, 0.4) is 0 Å². The smallest absolute Gasteiger partial charge is 0.137 e. The maximum Gasteiger partial charge on any atom is 0.137 e. The molecule has 0 aliphatic rings. The second-order valence-corrected chi connectivity index (χ2v) is 12.6. The summed E-state index contributed by atoms with van der Waals surface area (Å²) >= 11 is 0. The first kappa shape index (κ1) is 27.5. The molecule has 0 unspecified atom stereocenters. The van der Waals surface area contributed by atoms with Crippen molar-refractivity contribution >= 4 is 71.7 Å². The fourth-order valence-electron chi connectivity index (χ4n) is 7.28. The van der Waals surface area contributed by atoms with Gasteiger partial charge in [-0.05, 0) is 93.7 Å². The van der Waals surface area contributed by atoms with Gasteiger partial charge >= 0.3 is 0 Å². The Balaban J connectivity index is 1.10. The first-order chi connectivity index (χ1) is 24.3. The fraction of sp³-hybridized carbons (Fsp3) is 0. The molecule has 0 fully saturated rings. The Bertz CT molecular complexity index is 2810. The van der Waals surface area contributed by atoms with Crippen LogP contribution in [0.15, 0.2) is 185 Å². The second-order valence-electron chi connectivity index (χ2n) is 12.6. The van der Waals surface area contributed by atoms with E-state index in [1.807, 2.05) is 12.1 Å². The molecule has 10 rings (SSSR count). The number of hydrogen-bond donors (Lipinski definition) is 0. The molecule has 0 amide bonds. The lowest BCUT2D eigenvalue weighted by atomic mass is 9.98. The van der Waals surface area contributed by atoms with Crippen LogP contribution < -0.4 is 4.90 Å². The fourth-order valence-corrected chi connectivity index (χ4v) is 7.28. The lowest BCUT2D eigenvalue weighted by Gasteiger charge is -2.26. The van der Waals surface area contributed by atoms with Gasteiger partial charge in [-0.1, -0.05) is 109 Å². The highest BCUT2D eigenvalue weighted by Crippen LogP contribution is 2.42. The third-order valence-electron chi connectivity index (χ3n) is 9.65. The molecule has 0 saturated heterocycles. The maximum absolute atomic E-state index is 6.38. The minimum Gasteiger partial charge on any atom is -0.456 e. The normalized spacial score (nSPS) is 11.7. The van der Waals surface area contributed by atoms with Gasteiger partial charge in [0.15, 0.2) is 0 Å². The lowest BCUT2D eigenvalue weighted by Crippen LogP contribution is -2.09. The average molecular weight is 628 g/mol. The molecule has 0 bridgehead atoms. The first-order valence-electron chi connectivity index (χ1n) is 16.6. The topological polar surface area (TPSA) is 29.5 Å². The zero-order valence-corrected chi connectivity index (χ0v) is 26.5. The molecule has 0 spiro atoms. The van der Waals surface area contributed by atoms with E-state index in [0.717, 1.165) is 72.1 Å². The van der Waals surface area contributed by atoms with E-state index in [4.69, 9.17) is 8.83 Å². The van der Waals surface area contributed by atoms with Gasteiger partial charge in [0.1, 0.15) is 22.3 Å². The summed E-state index contributed by atoms with van der Waals surface area (Å²) in [6.45, 7) is 0. The van der Waals surface area contributed by atoms with Crippen molar-refractivity contribution in [1.29, 1.82) is 0 Å². The summed E-state index contributed by atoms with van der Waals surface area (Å²) in [7, 11) is 0. The van der Waals surface area contributed by atoms with Crippen molar-refractivity contribution in [1.82, 2.24) is 0 Å². The molecular formula is C46H29NO2. The summed E-state index contributed by atoms with van der Waals surface area (Å²) < 4.78 is 12.7. The van der Waals surface area contributed by atoms with Crippen molar-refractivity contribution in [3.8, 4) is 22.3 Å². The summed E-state index contributed by atoms with van der Waals surface area (Å²) in [5.74, 6) is 0. The zero-order valence-electron chi connectivity index (χ0n) is 26.5. The molecule has 0 N–H and O–H groups in total. The monoisotopic (exact) mass is 627 g/mol. The molecule has 0 aliphatic heterocycles. The molecular weight excluding hydrogens is 599 g/mol. The van der Waals surface area contributed by atoms with Gasteiger partial charge < -0.3 is 13.7 Å².